The van der Waals surface area contributed by atoms with E-state index >= 15 is 0 Å². The lowest BCUT2D eigenvalue weighted by Crippen LogP contribution is -2.31. The van der Waals surface area contributed by atoms with Gasteiger partial charge in [0.15, 0.2) is 0 Å². The Morgan fingerprint density at radius 2 is 2.29 bits per heavy atom. The Kier molecular flexibility index (Phi) is 4.63. The van der Waals surface area contributed by atoms with Gasteiger partial charge in [-0.1, -0.05) is 34.1 Å². The van der Waals surface area contributed by atoms with Crippen molar-refractivity contribution in [1.82, 2.24) is 5.32 Å². The van der Waals surface area contributed by atoms with Crippen molar-refractivity contribution in [3.05, 3.63) is 46.6 Å². The second-order valence-electron chi connectivity index (χ2n) is 4.36. The first-order valence-electron chi connectivity index (χ1n) is 6.05. The molecule has 0 aromatic heterocycles. The van der Waals surface area contributed by atoms with Gasteiger partial charge in [0.1, 0.15) is 6.10 Å². The smallest absolute Gasteiger partial charge is 0.110 e. The Balaban J connectivity index is 1.87. The lowest BCUT2D eigenvalue weighted by molar-refractivity contribution is 0.120. The average Bonchev–Trinajstić information content (AvgIpc) is 2.38. The highest BCUT2D eigenvalue weighted by atomic mass is 79.9. The second kappa shape index (κ2) is 6.22. The summed E-state index contributed by atoms with van der Waals surface area (Å²) < 4.78 is 6.70. The standard InChI is InChI=1S/C14H18BrNO/c1-11(13-7-2-3-8-14(13)15)16-10-12-6-4-5-9-17-12/h2-3,5,7-9,11-12,16H,4,6,10H2,1H3/t11-,12?/m0/s1. The monoisotopic (exact) mass is 295 g/mol. The zero-order valence-corrected chi connectivity index (χ0v) is 11.6. The zero-order chi connectivity index (χ0) is 12.1. The third-order valence-corrected chi connectivity index (χ3v) is 3.77. The molecule has 0 bridgehead atoms. The first kappa shape index (κ1) is 12.7. The summed E-state index contributed by atoms with van der Waals surface area (Å²) in [6.45, 7) is 3.08. The minimum atomic E-state index is 0.310. The fraction of sp³-hybridized carbons (Fsp3) is 0.429. The molecule has 2 rings (SSSR count). The number of nitrogens with one attached hydrogen (secondary N) is 1. The highest BCUT2D eigenvalue weighted by Gasteiger charge is 2.13. The van der Waals surface area contributed by atoms with Crippen molar-refractivity contribution in [3.63, 3.8) is 0 Å². The van der Waals surface area contributed by atoms with E-state index in [4.69, 9.17) is 4.74 Å². The molecule has 1 aliphatic heterocycles. The minimum Gasteiger partial charge on any atom is -0.497 e. The maximum absolute atomic E-state index is 5.54. The third kappa shape index (κ3) is 3.58. The Morgan fingerprint density at radius 3 is 3.00 bits per heavy atom. The zero-order valence-electron chi connectivity index (χ0n) is 10.0. The molecule has 17 heavy (non-hydrogen) atoms. The van der Waals surface area contributed by atoms with Gasteiger partial charge in [-0.05, 0) is 37.5 Å². The van der Waals surface area contributed by atoms with Crippen LogP contribution in [0.4, 0.5) is 0 Å². The summed E-state index contributed by atoms with van der Waals surface area (Å²) in [6.07, 6.45) is 6.43. The van der Waals surface area contributed by atoms with Gasteiger partial charge in [-0.15, -0.1) is 0 Å². The molecule has 92 valence electrons. The lowest BCUT2D eigenvalue weighted by Gasteiger charge is -2.23. The van der Waals surface area contributed by atoms with Gasteiger partial charge in [0.2, 0.25) is 0 Å². The molecular formula is C14H18BrNO. The van der Waals surface area contributed by atoms with Crippen LogP contribution in [0.15, 0.2) is 41.1 Å². The van der Waals surface area contributed by atoms with Crippen molar-refractivity contribution in [2.24, 2.45) is 0 Å². The van der Waals surface area contributed by atoms with Crippen molar-refractivity contribution in [2.45, 2.75) is 31.9 Å². The van der Waals surface area contributed by atoms with E-state index in [1.165, 1.54) is 5.56 Å². The fourth-order valence-electron chi connectivity index (χ4n) is 1.98. The van der Waals surface area contributed by atoms with Gasteiger partial charge < -0.3 is 10.1 Å². The molecule has 2 nitrogen and oxygen atoms in total. The summed E-state index contributed by atoms with van der Waals surface area (Å²) in [5.74, 6) is 0. The van der Waals surface area contributed by atoms with Crippen LogP contribution in [-0.4, -0.2) is 12.6 Å². The number of halogens is 1. The van der Waals surface area contributed by atoms with Crippen LogP contribution in [0.1, 0.15) is 31.4 Å². The third-order valence-electron chi connectivity index (χ3n) is 3.05. The van der Waals surface area contributed by atoms with E-state index in [0.29, 0.717) is 12.1 Å². The van der Waals surface area contributed by atoms with Crippen LogP contribution in [0.2, 0.25) is 0 Å². The van der Waals surface area contributed by atoms with Gasteiger partial charge in [-0.25, -0.2) is 0 Å². The van der Waals surface area contributed by atoms with Crippen molar-refractivity contribution in [1.29, 1.82) is 0 Å². The van der Waals surface area contributed by atoms with E-state index in [0.717, 1.165) is 23.9 Å². The van der Waals surface area contributed by atoms with Gasteiger partial charge in [0.25, 0.3) is 0 Å². The van der Waals surface area contributed by atoms with Crippen LogP contribution in [0.5, 0.6) is 0 Å². The van der Waals surface area contributed by atoms with Crippen LogP contribution >= 0.6 is 15.9 Å². The molecule has 1 heterocycles. The Hall–Kier alpha value is -0.800. The van der Waals surface area contributed by atoms with Crippen LogP contribution in [0.25, 0.3) is 0 Å². The highest BCUT2D eigenvalue weighted by Crippen LogP contribution is 2.23. The molecular weight excluding hydrogens is 278 g/mol. The van der Waals surface area contributed by atoms with E-state index in [2.05, 4.69) is 52.4 Å². The largest absolute Gasteiger partial charge is 0.497 e. The van der Waals surface area contributed by atoms with Crippen molar-refractivity contribution < 1.29 is 4.74 Å². The topological polar surface area (TPSA) is 21.3 Å². The number of hydrogen-bond donors (Lipinski definition) is 1. The number of rotatable bonds is 4. The van der Waals surface area contributed by atoms with E-state index in [1.54, 1.807) is 0 Å². The molecule has 1 aromatic rings. The molecule has 0 aliphatic carbocycles. The summed E-state index contributed by atoms with van der Waals surface area (Å²) in [7, 11) is 0. The predicted octanol–water partition coefficient (Wildman–Crippen LogP) is 3.79. The number of benzene rings is 1. The molecule has 0 amide bonds. The number of allylic oxidation sites excluding steroid dienone is 1. The van der Waals surface area contributed by atoms with Crippen LogP contribution in [0.3, 0.4) is 0 Å². The fourth-order valence-corrected chi connectivity index (χ4v) is 2.61. The Labute approximate surface area is 111 Å². The first-order valence-corrected chi connectivity index (χ1v) is 6.85. The van der Waals surface area contributed by atoms with Crippen molar-refractivity contribution in [3.8, 4) is 0 Å². The highest BCUT2D eigenvalue weighted by molar-refractivity contribution is 9.10. The van der Waals surface area contributed by atoms with E-state index in [9.17, 15) is 0 Å². The summed E-state index contributed by atoms with van der Waals surface area (Å²) in [6, 6.07) is 8.66. The average molecular weight is 296 g/mol. The van der Waals surface area contributed by atoms with Crippen LogP contribution in [0, 0.1) is 0 Å². The predicted molar refractivity (Wildman–Crippen MR) is 73.8 cm³/mol. The molecule has 0 radical (unpaired) electrons. The SMILES string of the molecule is C[C@H](NCC1CCC=CO1)c1ccccc1Br. The van der Waals surface area contributed by atoms with Crippen molar-refractivity contribution >= 4 is 15.9 Å². The molecule has 0 saturated carbocycles. The number of hydrogen-bond acceptors (Lipinski definition) is 2. The molecule has 3 heteroatoms. The molecule has 0 spiro atoms. The quantitative estimate of drug-likeness (QED) is 0.912. The Morgan fingerprint density at radius 1 is 1.47 bits per heavy atom. The van der Waals surface area contributed by atoms with Gasteiger partial charge in [0, 0.05) is 17.1 Å². The minimum absolute atomic E-state index is 0.310. The summed E-state index contributed by atoms with van der Waals surface area (Å²) >= 11 is 3.58. The Bertz CT molecular complexity index is 392. The normalized spacial score (nSPS) is 20.9. The maximum Gasteiger partial charge on any atom is 0.110 e. The molecule has 2 atom stereocenters. The molecule has 1 aliphatic rings. The summed E-state index contributed by atoms with van der Waals surface area (Å²) in [5.41, 5.74) is 1.29. The molecule has 1 N–H and O–H groups in total. The van der Waals surface area contributed by atoms with E-state index in [1.807, 2.05) is 12.3 Å². The van der Waals surface area contributed by atoms with E-state index in [-0.39, 0.29) is 0 Å². The van der Waals surface area contributed by atoms with E-state index < -0.39 is 0 Å². The van der Waals surface area contributed by atoms with Gasteiger partial charge >= 0.3 is 0 Å². The molecule has 1 aromatic carbocycles. The molecule has 0 fully saturated rings. The molecule has 1 unspecified atom stereocenters. The van der Waals surface area contributed by atoms with Crippen LogP contribution < -0.4 is 5.32 Å². The van der Waals surface area contributed by atoms with Gasteiger partial charge in [-0.3, -0.25) is 0 Å². The maximum atomic E-state index is 5.54. The second-order valence-corrected chi connectivity index (χ2v) is 5.21. The van der Waals surface area contributed by atoms with Gasteiger partial charge in [-0.2, -0.15) is 0 Å². The first-order chi connectivity index (χ1) is 8.27. The van der Waals surface area contributed by atoms with Gasteiger partial charge in [0.05, 0.1) is 6.26 Å². The summed E-state index contributed by atoms with van der Waals surface area (Å²) in [4.78, 5) is 0. The summed E-state index contributed by atoms with van der Waals surface area (Å²) in [5, 5.41) is 3.52. The van der Waals surface area contributed by atoms with Crippen LogP contribution in [-0.2, 0) is 4.74 Å². The lowest BCUT2D eigenvalue weighted by atomic mass is 10.1. The number of ether oxygens (including phenoxy) is 1. The molecule has 0 saturated heterocycles. The van der Waals surface area contributed by atoms with Crippen molar-refractivity contribution in [2.75, 3.05) is 6.54 Å².